The highest BCUT2D eigenvalue weighted by Gasteiger charge is 2.26. The molecule has 0 amide bonds. The first kappa shape index (κ1) is 23.6. The highest BCUT2D eigenvalue weighted by Crippen LogP contribution is 2.29. The fraction of sp³-hybridized carbons (Fsp3) is 0.227. The predicted octanol–water partition coefficient (Wildman–Crippen LogP) is 3.08. The molecule has 0 aliphatic rings. The largest absolute Gasteiger partial charge is 0.420 e. The minimum absolute atomic E-state index is 0.0227. The summed E-state index contributed by atoms with van der Waals surface area (Å²) in [6.07, 6.45) is 1.17. The van der Waals surface area contributed by atoms with E-state index in [0.29, 0.717) is 11.1 Å². The molecular formula is C22H20FN5O4S2. The fourth-order valence-electron chi connectivity index (χ4n) is 3.34. The van der Waals surface area contributed by atoms with Gasteiger partial charge in [-0.1, -0.05) is 30.0 Å². The van der Waals surface area contributed by atoms with Gasteiger partial charge in [0.15, 0.2) is 5.58 Å². The summed E-state index contributed by atoms with van der Waals surface area (Å²) < 4.78 is 52.7. The van der Waals surface area contributed by atoms with Crippen molar-refractivity contribution in [1.29, 1.82) is 0 Å². The van der Waals surface area contributed by atoms with Gasteiger partial charge in [-0.3, -0.25) is 9.29 Å². The monoisotopic (exact) mass is 501 g/mol. The van der Waals surface area contributed by atoms with Gasteiger partial charge in [-0.15, -0.1) is 0 Å². The van der Waals surface area contributed by atoms with Crippen molar-refractivity contribution < 1.29 is 17.2 Å². The Balaban J connectivity index is 1.80. The van der Waals surface area contributed by atoms with Gasteiger partial charge in [0.05, 0.1) is 17.1 Å². The van der Waals surface area contributed by atoms with E-state index in [4.69, 9.17) is 10.2 Å². The number of benzene rings is 2. The number of fused-ring (bicyclic) bond motifs is 1. The number of rotatable bonds is 5. The number of halogens is 1. The lowest BCUT2D eigenvalue weighted by atomic mass is 10.00. The first-order valence-corrected chi connectivity index (χ1v) is 12.3. The van der Waals surface area contributed by atoms with Crippen LogP contribution in [0.3, 0.4) is 0 Å². The molecule has 3 N–H and O–H groups in total. The number of oxazole rings is 1. The number of nitrogens with two attached hydrogens (primary N) is 1. The molecule has 12 heteroatoms. The Hall–Kier alpha value is -3.53. The summed E-state index contributed by atoms with van der Waals surface area (Å²) in [4.78, 5) is 15.8. The summed E-state index contributed by atoms with van der Waals surface area (Å²) in [5, 5.41) is -0.0227. The first-order valence-electron chi connectivity index (χ1n) is 10.0. The third kappa shape index (κ3) is 4.72. The lowest BCUT2D eigenvalue weighted by Crippen LogP contribution is -2.29. The molecule has 176 valence electrons. The maximum absolute atomic E-state index is 15.0. The van der Waals surface area contributed by atoms with Crippen LogP contribution in [-0.2, 0) is 10.0 Å². The number of hydrogen-bond donors (Lipinski definition) is 2. The molecule has 2 heterocycles. The highest BCUT2D eigenvalue weighted by molar-refractivity contribution is 7.93. The Morgan fingerprint density at radius 2 is 2.03 bits per heavy atom. The van der Waals surface area contributed by atoms with Crippen LogP contribution < -0.4 is 16.2 Å². The Morgan fingerprint density at radius 3 is 2.71 bits per heavy atom. The number of nitrogens with one attached hydrogen (secondary N) is 1. The minimum Gasteiger partial charge on any atom is -0.408 e. The topological polar surface area (TPSA) is 133 Å². The van der Waals surface area contributed by atoms with Crippen LogP contribution in [0.15, 0.2) is 56.8 Å². The Kier molecular flexibility index (Phi) is 6.03. The maximum Gasteiger partial charge on any atom is 0.420 e. The minimum atomic E-state index is -4.33. The van der Waals surface area contributed by atoms with E-state index in [0.717, 1.165) is 23.7 Å². The van der Waals surface area contributed by atoms with Gasteiger partial charge < -0.3 is 10.2 Å². The Labute approximate surface area is 198 Å². The second kappa shape index (κ2) is 8.68. The van der Waals surface area contributed by atoms with E-state index in [1.165, 1.54) is 10.9 Å². The molecule has 0 aliphatic carbocycles. The van der Waals surface area contributed by atoms with E-state index in [2.05, 4.69) is 25.9 Å². The van der Waals surface area contributed by atoms with Gasteiger partial charge in [0.2, 0.25) is 5.13 Å². The zero-order chi connectivity index (χ0) is 24.7. The summed E-state index contributed by atoms with van der Waals surface area (Å²) in [6, 6.07) is 8.53. The zero-order valence-corrected chi connectivity index (χ0v) is 20.0. The Bertz CT molecular complexity index is 1590. The molecule has 4 rings (SSSR count). The van der Waals surface area contributed by atoms with E-state index in [9.17, 15) is 17.6 Å². The molecule has 2 aromatic carbocycles. The van der Waals surface area contributed by atoms with Crippen molar-refractivity contribution in [2.24, 2.45) is 5.73 Å². The molecule has 0 aliphatic heterocycles. The molecular weight excluding hydrogens is 481 g/mol. The SMILES string of the molecule is CC(c1ccccc1C#CC(C)(C)N)n1c(=O)oc2cc(S(=O)(=O)Nc3ncns3)c(F)cc21. The van der Waals surface area contributed by atoms with Crippen LogP contribution in [0, 0.1) is 17.7 Å². The van der Waals surface area contributed by atoms with Crippen LogP contribution in [-0.4, -0.2) is 27.9 Å². The summed E-state index contributed by atoms with van der Waals surface area (Å²) >= 11 is 0.798. The molecule has 0 radical (unpaired) electrons. The van der Waals surface area contributed by atoms with Crippen LogP contribution in [0.5, 0.6) is 0 Å². The van der Waals surface area contributed by atoms with Gasteiger partial charge in [-0.2, -0.15) is 4.37 Å². The number of anilines is 1. The lowest BCUT2D eigenvalue weighted by molar-refractivity contribution is 0.489. The van der Waals surface area contributed by atoms with Crippen LogP contribution >= 0.6 is 11.5 Å². The quantitative estimate of drug-likeness (QED) is 0.402. The van der Waals surface area contributed by atoms with Gasteiger partial charge in [-0.05, 0) is 32.4 Å². The number of nitrogens with zero attached hydrogens (tertiary/aromatic N) is 3. The molecule has 0 saturated heterocycles. The molecule has 0 fully saturated rings. The second-order valence-electron chi connectivity index (χ2n) is 8.08. The Morgan fingerprint density at radius 1 is 1.29 bits per heavy atom. The van der Waals surface area contributed by atoms with Gasteiger partial charge in [0, 0.05) is 29.2 Å². The van der Waals surface area contributed by atoms with Crippen LogP contribution in [0.25, 0.3) is 11.1 Å². The molecule has 9 nitrogen and oxygen atoms in total. The van der Waals surface area contributed by atoms with Crippen molar-refractivity contribution >= 4 is 37.8 Å². The summed E-state index contributed by atoms with van der Waals surface area (Å²) in [7, 11) is -4.33. The standard InChI is InChI=1S/C22H20FN5O4S2/c1-13(15-7-5-4-6-14(15)8-9-22(2,3)24)28-17-10-16(23)19(11-18(17)32-21(28)29)34(30,31)27-20-25-12-26-33-20/h4-7,10-13H,24H2,1-3H3,(H,25,26,27). The molecule has 0 saturated carbocycles. The highest BCUT2D eigenvalue weighted by atomic mass is 32.2. The smallest absolute Gasteiger partial charge is 0.408 e. The van der Waals surface area contributed by atoms with Crippen molar-refractivity contribution in [2.75, 3.05) is 4.72 Å². The summed E-state index contributed by atoms with van der Waals surface area (Å²) in [6.45, 7) is 5.28. The number of sulfonamides is 1. The molecule has 1 unspecified atom stereocenters. The third-order valence-corrected chi connectivity index (χ3v) is 6.92. The first-order chi connectivity index (χ1) is 16.0. The predicted molar refractivity (Wildman–Crippen MR) is 127 cm³/mol. The average Bonchev–Trinajstić information content (AvgIpc) is 3.37. The number of hydrogen-bond acceptors (Lipinski definition) is 8. The second-order valence-corrected chi connectivity index (χ2v) is 10.5. The van der Waals surface area contributed by atoms with Crippen molar-refractivity contribution in [3.63, 3.8) is 0 Å². The molecule has 34 heavy (non-hydrogen) atoms. The van der Waals surface area contributed by atoms with Crippen molar-refractivity contribution in [3.8, 4) is 11.8 Å². The summed E-state index contributed by atoms with van der Waals surface area (Å²) in [5.74, 6) is 4.17. The van der Waals surface area contributed by atoms with Crippen molar-refractivity contribution in [3.05, 3.63) is 70.2 Å². The molecule has 0 bridgehead atoms. The van der Waals surface area contributed by atoms with Gasteiger partial charge in [-0.25, -0.2) is 22.6 Å². The summed E-state index contributed by atoms with van der Waals surface area (Å²) in [5.41, 5.74) is 6.61. The molecule has 1 atom stereocenters. The lowest BCUT2D eigenvalue weighted by Gasteiger charge is -2.16. The normalized spacial score (nSPS) is 12.9. The zero-order valence-electron chi connectivity index (χ0n) is 18.4. The third-order valence-electron chi connectivity index (χ3n) is 4.86. The van der Waals surface area contributed by atoms with E-state index in [1.54, 1.807) is 39.0 Å². The molecule has 2 aromatic heterocycles. The molecule has 4 aromatic rings. The van der Waals surface area contributed by atoms with Gasteiger partial charge >= 0.3 is 5.76 Å². The van der Waals surface area contributed by atoms with Crippen LogP contribution in [0.4, 0.5) is 9.52 Å². The van der Waals surface area contributed by atoms with Crippen LogP contribution in [0.1, 0.15) is 37.9 Å². The van der Waals surface area contributed by atoms with E-state index in [-0.39, 0.29) is 16.2 Å². The van der Waals surface area contributed by atoms with Crippen molar-refractivity contribution in [1.82, 2.24) is 13.9 Å². The maximum atomic E-state index is 15.0. The molecule has 0 spiro atoms. The van der Waals surface area contributed by atoms with E-state index >= 15 is 0 Å². The van der Waals surface area contributed by atoms with Crippen LogP contribution in [0.2, 0.25) is 0 Å². The number of aromatic nitrogens is 3. The van der Waals surface area contributed by atoms with Gasteiger partial charge in [0.1, 0.15) is 17.0 Å². The average molecular weight is 502 g/mol. The fourth-order valence-corrected chi connectivity index (χ4v) is 5.08. The van der Waals surface area contributed by atoms with Gasteiger partial charge in [0.25, 0.3) is 10.0 Å². The van der Waals surface area contributed by atoms with E-state index < -0.39 is 38.1 Å². The van der Waals surface area contributed by atoms with E-state index in [1.807, 2.05) is 6.07 Å². The van der Waals surface area contributed by atoms with Crippen molar-refractivity contribution in [2.45, 2.75) is 37.2 Å².